The third kappa shape index (κ3) is 3.55. The van der Waals surface area contributed by atoms with Crippen molar-refractivity contribution in [2.45, 2.75) is 26.8 Å². The minimum Gasteiger partial charge on any atom is -0.402 e. The van der Waals surface area contributed by atoms with Crippen molar-refractivity contribution in [1.82, 2.24) is 9.80 Å². The molecule has 4 nitrogen and oxygen atoms in total. The molecule has 1 fully saturated rings. The molecule has 0 atom stereocenters. The number of amides is 1. The Hall–Kier alpha value is -1.03. The Morgan fingerprint density at radius 1 is 1.27 bits per heavy atom. The summed E-state index contributed by atoms with van der Waals surface area (Å²) in [5.74, 6) is 0.0402. The predicted octanol–water partition coefficient (Wildman–Crippen LogP) is 0.402. The highest BCUT2D eigenvalue weighted by molar-refractivity contribution is 5.88. The lowest BCUT2D eigenvalue weighted by molar-refractivity contribution is -0.128. The molecule has 0 aliphatic carbocycles. The fraction of sp³-hybridized carbons (Fsp3) is 0.727. The van der Waals surface area contributed by atoms with Crippen molar-refractivity contribution < 1.29 is 4.79 Å². The molecule has 0 bridgehead atoms. The van der Waals surface area contributed by atoms with E-state index in [1.165, 1.54) is 6.08 Å². The Kier molecular flexibility index (Phi) is 4.15. The van der Waals surface area contributed by atoms with Gasteiger partial charge in [-0.15, -0.1) is 0 Å². The summed E-state index contributed by atoms with van der Waals surface area (Å²) in [5, 5.41) is 0. The second-order valence-corrected chi connectivity index (χ2v) is 4.34. The maximum absolute atomic E-state index is 11.6. The number of nitrogens with two attached hydrogens (primary N) is 1. The summed E-state index contributed by atoms with van der Waals surface area (Å²) < 4.78 is 0. The minimum absolute atomic E-state index is 0.0402. The van der Waals surface area contributed by atoms with E-state index >= 15 is 0 Å². The first-order valence-corrected chi connectivity index (χ1v) is 5.47. The quantitative estimate of drug-likeness (QED) is 0.673. The molecule has 15 heavy (non-hydrogen) atoms. The molecular weight excluding hydrogens is 190 g/mol. The SMILES string of the molecule is C/C(N)=C/C(=O)N1CCN(C(C)C)CC1. The molecule has 1 heterocycles. The van der Waals surface area contributed by atoms with Gasteiger partial charge in [0.1, 0.15) is 0 Å². The van der Waals surface area contributed by atoms with Gasteiger partial charge < -0.3 is 10.6 Å². The zero-order valence-electron chi connectivity index (χ0n) is 9.86. The highest BCUT2D eigenvalue weighted by Crippen LogP contribution is 2.06. The van der Waals surface area contributed by atoms with Crippen molar-refractivity contribution in [3.8, 4) is 0 Å². The fourth-order valence-corrected chi connectivity index (χ4v) is 1.74. The van der Waals surface area contributed by atoms with Gasteiger partial charge in [-0.3, -0.25) is 9.69 Å². The Morgan fingerprint density at radius 3 is 2.20 bits per heavy atom. The van der Waals surface area contributed by atoms with Crippen LogP contribution in [0.25, 0.3) is 0 Å². The number of carbonyl (C=O) groups is 1. The van der Waals surface area contributed by atoms with Crippen LogP contribution in [0, 0.1) is 0 Å². The minimum atomic E-state index is 0.0402. The van der Waals surface area contributed by atoms with E-state index in [0.717, 1.165) is 26.2 Å². The lowest BCUT2D eigenvalue weighted by Crippen LogP contribution is -2.50. The standard InChI is InChI=1S/C11H21N3O/c1-9(2)13-4-6-14(7-5-13)11(15)8-10(3)12/h8-9H,4-7,12H2,1-3H3/b10-8-. The van der Waals surface area contributed by atoms with E-state index in [9.17, 15) is 4.79 Å². The zero-order valence-corrected chi connectivity index (χ0v) is 9.86. The normalized spacial score (nSPS) is 19.7. The van der Waals surface area contributed by atoms with Gasteiger partial charge in [0.2, 0.25) is 5.91 Å². The van der Waals surface area contributed by atoms with Gasteiger partial charge >= 0.3 is 0 Å². The molecule has 0 aromatic carbocycles. The first-order chi connectivity index (χ1) is 7.00. The molecule has 0 saturated carbocycles. The monoisotopic (exact) mass is 211 g/mol. The predicted molar refractivity (Wildman–Crippen MR) is 61.2 cm³/mol. The zero-order chi connectivity index (χ0) is 11.4. The Balaban J connectivity index is 2.44. The first-order valence-electron chi connectivity index (χ1n) is 5.47. The fourth-order valence-electron chi connectivity index (χ4n) is 1.74. The van der Waals surface area contributed by atoms with Gasteiger partial charge in [0.25, 0.3) is 0 Å². The number of nitrogens with zero attached hydrogens (tertiary/aromatic N) is 2. The number of rotatable bonds is 2. The van der Waals surface area contributed by atoms with Crippen molar-refractivity contribution in [2.75, 3.05) is 26.2 Å². The van der Waals surface area contributed by atoms with Crippen LogP contribution in [0.1, 0.15) is 20.8 Å². The maximum atomic E-state index is 11.6. The van der Waals surface area contributed by atoms with Crippen molar-refractivity contribution in [3.05, 3.63) is 11.8 Å². The van der Waals surface area contributed by atoms with Crippen LogP contribution in [-0.4, -0.2) is 47.9 Å². The van der Waals surface area contributed by atoms with Crippen molar-refractivity contribution in [1.29, 1.82) is 0 Å². The highest BCUT2D eigenvalue weighted by atomic mass is 16.2. The van der Waals surface area contributed by atoms with Crippen LogP contribution in [-0.2, 0) is 4.79 Å². The molecule has 2 N–H and O–H groups in total. The van der Waals surface area contributed by atoms with E-state index in [4.69, 9.17) is 5.73 Å². The van der Waals surface area contributed by atoms with Crippen LogP contribution < -0.4 is 5.73 Å². The molecule has 1 rings (SSSR count). The lowest BCUT2D eigenvalue weighted by atomic mass is 10.2. The molecule has 86 valence electrons. The van der Waals surface area contributed by atoms with Gasteiger partial charge in [-0.25, -0.2) is 0 Å². The molecule has 0 aromatic rings. The van der Waals surface area contributed by atoms with E-state index in [2.05, 4.69) is 18.7 Å². The van der Waals surface area contributed by atoms with Crippen LogP contribution in [0.4, 0.5) is 0 Å². The molecule has 0 radical (unpaired) electrons. The number of carbonyl (C=O) groups excluding carboxylic acids is 1. The molecule has 0 aromatic heterocycles. The van der Waals surface area contributed by atoms with Gasteiger partial charge in [-0.2, -0.15) is 0 Å². The van der Waals surface area contributed by atoms with Gasteiger partial charge in [0.15, 0.2) is 0 Å². The summed E-state index contributed by atoms with van der Waals surface area (Å²) in [6, 6.07) is 0.564. The van der Waals surface area contributed by atoms with Crippen LogP contribution in [0.2, 0.25) is 0 Å². The number of hydrogen-bond acceptors (Lipinski definition) is 3. The summed E-state index contributed by atoms with van der Waals surface area (Å²) in [6.07, 6.45) is 1.50. The molecule has 1 saturated heterocycles. The van der Waals surface area contributed by atoms with Gasteiger partial charge in [-0.05, 0) is 20.8 Å². The summed E-state index contributed by atoms with van der Waals surface area (Å²) in [5.41, 5.74) is 6.05. The molecule has 1 aliphatic heterocycles. The van der Waals surface area contributed by atoms with Crippen LogP contribution in [0.3, 0.4) is 0 Å². The van der Waals surface area contributed by atoms with Crippen molar-refractivity contribution in [2.24, 2.45) is 5.73 Å². The first kappa shape index (κ1) is 12.0. The third-order valence-electron chi connectivity index (χ3n) is 2.71. The summed E-state index contributed by atoms with van der Waals surface area (Å²) in [7, 11) is 0. The molecule has 1 aliphatic rings. The third-order valence-corrected chi connectivity index (χ3v) is 2.71. The molecule has 1 amide bonds. The molecule has 0 spiro atoms. The van der Waals surface area contributed by atoms with Gasteiger partial charge in [-0.1, -0.05) is 0 Å². The largest absolute Gasteiger partial charge is 0.402 e. The summed E-state index contributed by atoms with van der Waals surface area (Å²) >= 11 is 0. The van der Waals surface area contributed by atoms with E-state index < -0.39 is 0 Å². The number of allylic oxidation sites excluding steroid dienone is 1. The highest BCUT2D eigenvalue weighted by Gasteiger charge is 2.20. The smallest absolute Gasteiger partial charge is 0.248 e. The summed E-state index contributed by atoms with van der Waals surface area (Å²) in [6.45, 7) is 9.63. The topological polar surface area (TPSA) is 49.6 Å². The Labute approximate surface area is 91.7 Å². The summed E-state index contributed by atoms with van der Waals surface area (Å²) in [4.78, 5) is 15.9. The van der Waals surface area contributed by atoms with Crippen LogP contribution in [0.5, 0.6) is 0 Å². The Morgan fingerprint density at radius 2 is 1.80 bits per heavy atom. The molecule has 0 unspecified atom stereocenters. The van der Waals surface area contributed by atoms with Gasteiger partial charge in [0.05, 0.1) is 0 Å². The van der Waals surface area contributed by atoms with E-state index in [1.54, 1.807) is 6.92 Å². The number of piperazine rings is 1. The van der Waals surface area contributed by atoms with Crippen molar-refractivity contribution in [3.63, 3.8) is 0 Å². The molecular formula is C11H21N3O. The van der Waals surface area contributed by atoms with Crippen LogP contribution in [0.15, 0.2) is 11.8 Å². The molecule has 4 heteroatoms. The Bertz CT molecular complexity index is 249. The van der Waals surface area contributed by atoms with Gasteiger partial charge in [0, 0.05) is 44.0 Å². The average molecular weight is 211 g/mol. The maximum Gasteiger partial charge on any atom is 0.248 e. The number of hydrogen-bond donors (Lipinski definition) is 1. The van der Waals surface area contributed by atoms with E-state index in [-0.39, 0.29) is 5.91 Å². The van der Waals surface area contributed by atoms with E-state index in [0.29, 0.717) is 11.7 Å². The van der Waals surface area contributed by atoms with Crippen LogP contribution >= 0.6 is 0 Å². The average Bonchev–Trinajstić information content (AvgIpc) is 2.17. The lowest BCUT2D eigenvalue weighted by Gasteiger charge is -2.36. The van der Waals surface area contributed by atoms with Crippen molar-refractivity contribution >= 4 is 5.91 Å². The van der Waals surface area contributed by atoms with E-state index in [1.807, 2.05) is 4.90 Å². The second kappa shape index (κ2) is 5.16. The second-order valence-electron chi connectivity index (χ2n) is 4.34.